The predicted octanol–water partition coefficient (Wildman–Crippen LogP) is 4.29. The molecule has 3 rings (SSSR count). The monoisotopic (exact) mass is 426 g/mol. The van der Waals surface area contributed by atoms with Gasteiger partial charge in [-0.1, -0.05) is 57.7 Å². The van der Waals surface area contributed by atoms with Crippen LogP contribution in [-0.4, -0.2) is 33.9 Å². The maximum absolute atomic E-state index is 5.81. The summed E-state index contributed by atoms with van der Waals surface area (Å²) < 4.78 is 7.80. The number of benzene rings is 1. The molecule has 0 saturated heterocycles. The second-order valence-electron chi connectivity index (χ2n) is 8.78. The van der Waals surface area contributed by atoms with Crippen molar-refractivity contribution in [3.8, 4) is 5.75 Å². The zero-order valence-corrected chi connectivity index (χ0v) is 19.5. The molecule has 7 heteroatoms. The van der Waals surface area contributed by atoms with Crippen LogP contribution in [0.4, 0.5) is 0 Å². The number of nitrogens with zero attached hydrogens (tertiary/aromatic N) is 4. The Labute approximate surface area is 186 Å². The first kappa shape index (κ1) is 23.1. The highest BCUT2D eigenvalue weighted by Crippen LogP contribution is 2.31. The summed E-state index contributed by atoms with van der Waals surface area (Å²) in [4.78, 5) is 4.82. The van der Waals surface area contributed by atoms with Gasteiger partial charge in [0.05, 0.1) is 12.6 Å². The van der Waals surface area contributed by atoms with Crippen LogP contribution in [0.2, 0.25) is 0 Å². The van der Waals surface area contributed by atoms with Crippen LogP contribution in [0.1, 0.15) is 75.6 Å². The normalized spacial score (nSPS) is 16.2. The van der Waals surface area contributed by atoms with Crippen molar-refractivity contribution in [3.05, 3.63) is 41.5 Å². The van der Waals surface area contributed by atoms with E-state index in [4.69, 9.17) is 9.73 Å². The van der Waals surface area contributed by atoms with Crippen LogP contribution < -0.4 is 15.4 Å². The lowest BCUT2D eigenvalue weighted by Gasteiger charge is -2.28. The fourth-order valence-electron chi connectivity index (χ4n) is 3.79. The highest BCUT2D eigenvalue weighted by Gasteiger charge is 2.22. The average Bonchev–Trinajstić information content (AvgIpc) is 3.08. The van der Waals surface area contributed by atoms with Gasteiger partial charge in [0.1, 0.15) is 18.1 Å². The molecule has 170 valence electrons. The minimum atomic E-state index is 0.184. The standard InChI is InChI=1S/C24H38N6O/c1-18(2)11-7-5-6-10-15-25-24(26-17-23-29-28-19(3)30(23)4)27-21-14-16-31-22-13-9-8-12-20(21)22/h8-9,12-13,18,21H,5-7,10-11,14-17H2,1-4H3,(H2,25,26,27). The smallest absolute Gasteiger partial charge is 0.192 e. The molecule has 0 bridgehead atoms. The number of aromatic nitrogens is 3. The van der Waals surface area contributed by atoms with Crippen molar-refractivity contribution in [1.29, 1.82) is 0 Å². The fourth-order valence-corrected chi connectivity index (χ4v) is 3.79. The Balaban J connectivity index is 1.59. The van der Waals surface area contributed by atoms with E-state index in [1.54, 1.807) is 0 Å². The Hall–Kier alpha value is -2.57. The number of rotatable bonds is 10. The first-order valence-corrected chi connectivity index (χ1v) is 11.7. The minimum Gasteiger partial charge on any atom is -0.493 e. The van der Waals surface area contributed by atoms with Gasteiger partial charge in [-0.2, -0.15) is 0 Å². The Morgan fingerprint density at radius 1 is 1.19 bits per heavy atom. The number of hydrogen-bond acceptors (Lipinski definition) is 4. The zero-order chi connectivity index (χ0) is 22.1. The molecule has 1 aromatic carbocycles. The molecule has 1 atom stereocenters. The second-order valence-corrected chi connectivity index (χ2v) is 8.78. The quantitative estimate of drug-likeness (QED) is 0.337. The number of ether oxygens (including phenoxy) is 1. The van der Waals surface area contributed by atoms with Gasteiger partial charge in [0.15, 0.2) is 11.8 Å². The first-order valence-electron chi connectivity index (χ1n) is 11.7. The van der Waals surface area contributed by atoms with E-state index in [1.165, 1.54) is 31.2 Å². The third-order valence-electron chi connectivity index (χ3n) is 5.83. The van der Waals surface area contributed by atoms with Crippen LogP contribution in [0.25, 0.3) is 0 Å². The molecule has 0 radical (unpaired) electrons. The number of hydrogen-bond donors (Lipinski definition) is 2. The van der Waals surface area contributed by atoms with Crippen LogP contribution in [0.3, 0.4) is 0 Å². The predicted molar refractivity (Wildman–Crippen MR) is 125 cm³/mol. The number of unbranched alkanes of at least 4 members (excludes halogenated alkanes) is 3. The van der Waals surface area contributed by atoms with Crippen LogP contribution in [0.15, 0.2) is 29.3 Å². The van der Waals surface area contributed by atoms with Gasteiger partial charge >= 0.3 is 0 Å². The molecule has 1 unspecified atom stereocenters. The molecule has 31 heavy (non-hydrogen) atoms. The van der Waals surface area contributed by atoms with Crippen molar-refractivity contribution in [2.45, 2.75) is 71.9 Å². The lowest BCUT2D eigenvalue weighted by atomic mass is 10.0. The van der Waals surface area contributed by atoms with Crippen molar-refractivity contribution in [2.75, 3.05) is 13.2 Å². The molecule has 2 aromatic rings. The van der Waals surface area contributed by atoms with Crippen molar-refractivity contribution >= 4 is 5.96 Å². The molecule has 0 spiro atoms. The van der Waals surface area contributed by atoms with Gasteiger partial charge in [0, 0.05) is 25.6 Å². The minimum absolute atomic E-state index is 0.184. The van der Waals surface area contributed by atoms with Crippen molar-refractivity contribution < 1.29 is 4.74 Å². The van der Waals surface area contributed by atoms with E-state index in [1.807, 2.05) is 30.7 Å². The van der Waals surface area contributed by atoms with Crippen LogP contribution in [-0.2, 0) is 13.6 Å². The number of para-hydroxylation sites is 1. The summed E-state index contributed by atoms with van der Waals surface area (Å²) in [5, 5.41) is 15.5. The van der Waals surface area contributed by atoms with E-state index >= 15 is 0 Å². The van der Waals surface area contributed by atoms with Gasteiger partial charge in [0.25, 0.3) is 0 Å². The van der Waals surface area contributed by atoms with Crippen molar-refractivity contribution in [2.24, 2.45) is 18.0 Å². The van der Waals surface area contributed by atoms with Crippen LogP contribution >= 0.6 is 0 Å². The summed E-state index contributed by atoms with van der Waals surface area (Å²) in [6.45, 7) is 8.66. The third kappa shape index (κ3) is 6.97. The fraction of sp³-hybridized carbons (Fsp3) is 0.625. The highest BCUT2D eigenvalue weighted by atomic mass is 16.5. The van der Waals surface area contributed by atoms with Crippen LogP contribution in [0.5, 0.6) is 5.75 Å². The molecule has 0 amide bonds. The Kier molecular flexibility index (Phi) is 8.74. The molecule has 1 aliphatic rings. The highest BCUT2D eigenvalue weighted by molar-refractivity contribution is 5.80. The van der Waals surface area contributed by atoms with Gasteiger partial charge in [-0.25, -0.2) is 4.99 Å². The molecular weight excluding hydrogens is 388 g/mol. The second kappa shape index (κ2) is 11.7. The largest absolute Gasteiger partial charge is 0.493 e. The Morgan fingerprint density at radius 2 is 2.00 bits per heavy atom. The lowest BCUT2D eigenvalue weighted by molar-refractivity contribution is 0.261. The summed E-state index contributed by atoms with van der Waals surface area (Å²) in [7, 11) is 1.98. The molecule has 2 N–H and O–H groups in total. The van der Waals surface area contributed by atoms with Crippen LogP contribution in [0, 0.1) is 12.8 Å². The topological polar surface area (TPSA) is 76.4 Å². The molecule has 0 saturated carbocycles. The molecule has 7 nitrogen and oxygen atoms in total. The Morgan fingerprint density at radius 3 is 2.77 bits per heavy atom. The van der Waals surface area contributed by atoms with Gasteiger partial charge < -0.3 is 19.9 Å². The van der Waals surface area contributed by atoms with Gasteiger partial charge in [-0.05, 0) is 25.3 Å². The molecule has 0 fully saturated rings. The van der Waals surface area contributed by atoms with E-state index in [-0.39, 0.29) is 6.04 Å². The zero-order valence-electron chi connectivity index (χ0n) is 19.5. The summed E-state index contributed by atoms with van der Waals surface area (Å²) in [6.07, 6.45) is 7.24. The number of guanidine groups is 1. The Bertz CT molecular complexity index is 844. The van der Waals surface area contributed by atoms with Gasteiger partial charge in [-0.3, -0.25) is 0 Å². The number of fused-ring (bicyclic) bond motifs is 1. The SMILES string of the molecule is Cc1nnc(CN=C(NCCCCCCC(C)C)NC2CCOc3ccccc32)n1C. The van der Waals surface area contributed by atoms with Crippen molar-refractivity contribution in [3.63, 3.8) is 0 Å². The lowest BCUT2D eigenvalue weighted by Crippen LogP contribution is -2.41. The third-order valence-corrected chi connectivity index (χ3v) is 5.83. The maximum atomic E-state index is 5.81. The number of nitrogens with one attached hydrogen (secondary N) is 2. The van der Waals surface area contributed by atoms with Gasteiger partial charge in [0.2, 0.25) is 0 Å². The first-order chi connectivity index (χ1) is 15.0. The summed E-state index contributed by atoms with van der Waals surface area (Å²) >= 11 is 0. The van der Waals surface area contributed by atoms with E-state index in [0.29, 0.717) is 13.2 Å². The number of aryl methyl sites for hydroxylation is 1. The van der Waals surface area contributed by atoms with Crippen molar-refractivity contribution in [1.82, 2.24) is 25.4 Å². The van der Waals surface area contributed by atoms with E-state index in [9.17, 15) is 0 Å². The summed E-state index contributed by atoms with van der Waals surface area (Å²) in [5.74, 6) is 4.34. The molecule has 1 aliphatic heterocycles. The molecule has 1 aromatic heterocycles. The average molecular weight is 427 g/mol. The molecule has 0 aliphatic carbocycles. The maximum Gasteiger partial charge on any atom is 0.192 e. The molecular formula is C24H38N6O. The van der Waals surface area contributed by atoms with E-state index < -0.39 is 0 Å². The number of aliphatic imine (C=N–C) groups is 1. The molecule has 2 heterocycles. The summed E-state index contributed by atoms with van der Waals surface area (Å²) in [6, 6.07) is 8.43. The van der Waals surface area contributed by atoms with Gasteiger partial charge in [-0.15, -0.1) is 10.2 Å². The van der Waals surface area contributed by atoms with E-state index in [2.05, 4.69) is 46.8 Å². The van der Waals surface area contributed by atoms with E-state index in [0.717, 1.165) is 48.7 Å². The summed E-state index contributed by atoms with van der Waals surface area (Å²) in [5.41, 5.74) is 1.19.